The van der Waals surface area contributed by atoms with Gasteiger partial charge in [0, 0.05) is 45.0 Å². The molecule has 0 saturated carbocycles. The maximum absolute atomic E-state index is 4.31. The van der Waals surface area contributed by atoms with Crippen molar-refractivity contribution in [3.63, 3.8) is 0 Å². The third kappa shape index (κ3) is 4.25. The predicted molar refractivity (Wildman–Crippen MR) is 94.8 cm³/mol. The molecule has 2 aromatic rings. The van der Waals surface area contributed by atoms with Crippen molar-refractivity contribution in [2.24, 2.45) is 0 Å². The lowest BCUT2D eigenvalue weighted by atomic mass is 10.2. The molecule has 1 aliphatic rings. The molecule has 1 unspecified atom stereocenters. The largest absolute Gasteiger partial charge is 0.359 e. The highest BCUT2D eigenvalue weighted by Crippen LogP contribution is 2.24. The summed E-state index contributed by atoms with van der Waals surface area (Å²) in [6.45, 7) is 11.2. The maximum Gasteiger partial charge on any atom is 0.206 e. The van der Waals surface area contributed by atoms with Gasteiger partial charge in [0.15, 0.2) is 5.01 Å². The second kappa shape index (κ2) is 7.81. The van der Waals surface area contributed by atoms with E-state index < -0.39 is 0 Å². The fourth-order valence-corrected chi connectivity index (χ4v) is 3.50. The standard InChI is InChI=1S/C16H24N6S/c1-3-21-8-10-22(11-9-21)13(2)12-18-16-20-19-15(23-16)14-6-4-5-7-17-14/h4-7,13H,3,8-12H2,1-2H3,(H,18,20). The van der Waals surface area contributed by atoms with Crippen LogP contribution in [0.2, 0.25) is 0 Å². The van der Waals surface area contributed by atoms with Gasteiger partial charge >= 0.3 is 0 Å². The molecule has 1 N–H and O–H groups in total. The molecule has 23 heavy (non-hydrogen) atoms. The number of rotatable bonds is 6. The third-order valence-corrected chi connectivity index (χ3v) is 5.24. The maximum atomic E-state index is 4.31. The fourth-order valence-electron chi connectivity index (χ4n) is 2.77. The summed E-state index contributed by atoms with van der Waals surface area (Å²) in [7, 11) is 0. The molecule has 1 aliphatic heterocycles. The summed E-state index contributed by atoms with van der Waals surface area (Å²) in [5.41, 5.74) is 0.877. The summed E-state index contributed by atoms with van der Waals surface area (Å²) in [6.07, 6.45) is 1.78. The van der Waals surface area contributed by atoms with E-state index in [9.17, 15) is 0 Å². The molecule has 0 aliphatic carbocycles. The number of anilines is 1. The Morgan fingerprint density at radius 3 is 2.74 bits per heavy atom. The summed E-state index contributed by atoms with van der Waals surface area (Å²) in [5.74, 6) is 0. The van der Waals surface area contributed by atoms with Gasteiger partial charge < -0.3 is 10.2 Å². The van der Waals surface area contributed by atoms with Gasteiger partial charge in [-0.15, -0.1) is 10.2 Å². The lowest BCUT2D eigenvalue weighted by Gasteiger charge is -2.37. The highest BCUT2D eigenvalue weighted by Gasteiger charge is 2.20. The number of pyridine rings is 1. The smallest absolute Gasteiger partial charge is 0.206 e. The van der Waals surface area contributed by atoms with Crippen molar-refractivity contribution in [2.45, 2.75) is 19.9 Å². The number of likely N-dealkylation sites (N-methyl/N-ethyl adjacent to an activating group) is 1. The van der Waals surface area contributed by atoms with Crippen LogP contribution in [0, 0.1) is 0 Å². The molecule has 0 aromatic carbocycles. The summed E-state index contributed by atoms with van der Waals surface area (Å²) < 4.78 is 0. The van der Waals surface area contributed by atoms with E-state index in [1.807, 2.05) is 18.2 Å². The van der Waals surface area contributed by atoms with Gasteiger partial charge in [-0.25, -0.2) is 0 Å². The molecule has 7 heteroatoms. The van der Waals surface area contributed by atoms with E-state index in [4.69, 9.17) is 0 Å². The summed E-state index contributed by atoms with van der Waals surface area (Å²) in [5, 5.41) is 13.6. The molecule has 1 atom stereocenters. The van der Waals surface area contributed by atoms with Crippen LogP contribution in [0.15, 0.2) is 24.4 Å². The van der Waals surface area contributed by atoms with E-state index in [2.05, 4.69) is 44.1 Å². The van der Waals surface area contributed by atoms with Gasteiger partial charge in [0.25, 0.3) is 0 Å². The molecule has 0 radical (unpaired) electrons. The average Bonchev–Trinajstić information content (AvgIpc) is 3.09. The number of nitrogens with one attached hydrogen (secondary N) is 1. The quantitative estimate of drug-likeness (QED) is 0.874. The first-order chi connectivity index (χ1) is 11.3. The van der Waals surface area contributed by atoms with Crippen molar-refractivity contribution in [1.82, 2.24) is 25.0 Å². The Hall–Kier alpha value is -1.57. The first kappa shape index (κ1) is 16.3. The molecule has 3 heterocycles. The highest BCUT2D eigenvalue weighted by atomic mass is 32.1. The zero-order valence-corrected chi connectivity index (χ0v) is 14.6. The van der Waals surface area contributed by atoms with Gasteiger partial charge in [-0.05, 0) is 25.6 Å². The topological polar surface area (TPSA) is 57.2 Å². The zero-order chi connectivity index (χ0) is 16.1. The molecule has 0 amide bonds. The second-order valence-electron chi connectivity index (χ2n) is 5.83. The van der Waals surface area contributed by atoms with Crippen molar-refractivity contribution < 1.29 is 0 Å². The predicted octanol–water partition coefficient (Wildman–Crippen LogP) is 2.04. The number of nitrogens with zero attached hydrogens (tertiary/aromatic N) is 5. The van der Waals surface area contributed by atoms with Gasteiger partial charge in [0.05, 0.1) is 0 Å². The molecule has 124 valence electrons. The number of piperazine rings is 1. The van der Waals surface area contributed by atoms with Crippen LogP contribution in [0.25, 0.3) is 10.7 Å². The molecule has 1 saturated heterocycles. The number of hydrogen-bond donors (Lipinski definition) is 1. The fraction of sp³-hybridized carbons (Fsp3) is 0.562. The minimum absolute atomic E-state index is 0.496. The lowest BCUT2D eigenvalue weighted by molar-refractivity contribution is 0.110. The Balaban J connectivity index is 1.50. The van der Waals surface area contributed by atoms with E-state index in [0.717, 1.165) is 42.0 Å². The molecular weight excluding hydrogens is 308 g/mol. The van der Waals surface area contributed by atoms with E-state index in [0.29, 0.717) is 6.04 Å². The Morgan fingerprint density at radius 1 is 1.22 bits per heavy atom. The average molecular weight is 332 g/mol. The molecule has 0 bridgehead atoms. The zero-order valence-electron chi connectivity index (χ0n) is 13.8. The van der Waals surface area contributed by atoms with Crippen LogP contribution in [-0.2, 0) is 0 Å². The van der Waals surface area contributed by atoms with Crippen molar-refractivity contribution in [3.8, 4) is 10.7 Å². The number of hydrogen-bond acceptors (Lipinski definition) is 7. The summed E-state index contributed by atoms with van der Waals surface area (Å²) >= 11 is 1.56. The van der Waals surface area contributed by atoms with Crippen LogP contribution >= 0.6 is 11.3 Å². The molecular formula is C16H24N6S. The van der Waals surface area contributed by atoms with Gasteiger partial charge in [0.2, 0.25) is 5.13 Å². The van der Waals surface area contributed by atoms with Crippen molar-refractivity contribution >= 4 is 16.5 Å². The molecule has 1 fully saturated rings. The van der Waals surface area contributed by atoms with Gasteiger partial charge in [-0.3, -0.25) is 9.88 Å². The monoisotopic (exact) mass is 332 g/mol. The molecule has 2 aromatic heterocycles. The minimum atomic E-state index is 0.496. The van der Waals surface area contributed by atoms with Crippen molar-refractivity contribution in [1.29, 1.82) is 0 Å². The second-order valence-corrected chi connectivity index (χ2v) is 6.81. The van der Waals surface area contributed by atoms with Crippen LogP contribution in [0.1, 0.15) is 13.8 Å². The molecule has 3 rings (SSSR count). The molecule has 6 nitrogen and oxygen atoms in total. The third-order valence-electron chi connectivity index (χ3n) is 4.34. The van der Waals surface area contributed by atoms with Crippen LogP contribution in [-0.4, -0.2) is 70.3 Å². The Kier molecular flexibility index (Phi) is 5.53. The Bertz CT molecular complexity index is 594. The van der Waals surface area contributed by atoms with E-state index >= 15 is 0 Å². The van der Waals surface area contributed by atoms with Gasteiger partial charge in [-0.2, -0.15) is 0 Å². The number of aromatic nitrogens is 3. The van der Waals surface area contributed by atoms with E-state index in [1.54, 1.807) is 17.5 Å². The molecule has 0 spiro atoms. The van der Waals surface area contributed by atoms with Crippen LogP contribution in [0.5, 0.6) is 0 Å². The SMILES string of the molecule is CCN1CCN(C(C)CNc2nnc(-c3ccccn3)s2)CC1. The summed E-state index contributed by atoms with van der Waals surface area (Å²) in [4.78, 5) is 9.36. The van der Waals surface area contributed by atoms with Crippen LogP contribution < -0.4 is 5.32 Å². The summed E-state index contributed by atoms with van der Waals surface area (Å²) in [6, 6.07) is 6.33. The van der Waals surface area contributed by atoms with Gasteiger partial charge in [0.1, 0.15) is 5.69 Å². The van der Waals surface area contributed by atoms with Crippen LogP contribution in [0.3, 0.4) is 0 Å². The van der Waals surface area contributed by atoms with Crippen LogP contribution in [0.4, 0.5) is 5.13 Å². The normalized spacial score (nSPS) is 18.0. The van der Waals surface area contributed by atoms with Crippen molar-refractivity contribution in [2.75, 3.05) is 44.6 Å². The Morgan fingerprint density at radius 2 is 2.04 bits per heavy atom. The minimum Gasteiger partial charge on any atom is -0.359 e. The first-order valence-electron chi connectivity index (χ1n) is 8.21. The lowest BCUT2D eigenvalue weighted by Crippen LogP contribution is -2.50. The van der Waals surface area contributed by atoms with E-state index in [1.165, 1.54) is 13.1 Å². The van der Waals surface area contributed by atoms with Crippen molar-refractivity contribution in [3.05, 3.63) is 24.4 Å². The highest BCUT2D eigenvalue weighted by molar-refractivity contribution is 7.18. The van der Waals surface area contributed by atoms with E-state index in [-0.39, 0.29) is 0 Å². The Labute approximate surface area is 141 Å². The van der Waals surface area contributed by atoms with Gasteiger partial charge in [-0.1, -0.05) is 24.3 Å². The first-order valence-corrected chi connectivity index (χ1v) is 9.03.